The lowest BCUT2D eigenvalue weighted by atomic mass is 10.1. The maximum atomic E-state index is 13.6. The predicted octanol–water partition coefficient (Wildman–Crippen LogP) is 6.97. The molecule has 2 aromatic carbocycles. The first-order valence-electron chi connectivity index (χ1n) is 11.4. The molecule has 0 saturated carbocycles. The van der Waals surface area contributed by atoms with Gasteiger partial charge in [0.05, 0.1) is 18.7 Å². The third-order valence-corrected chi connectivity index (χ3v) is 6.89. The van der Waals surface area contributed by atoms with Gasteiger partial charge in [0.1, 0.15) is 29.4 Å². The Morgan fingerprint density at radius 1 is 1.08 bits per heavy atom. The van der Waals surface area contributed by atoms with E-state index in [1.165, 1.54) is 4.52 Å². The number of halogens is 2. The average Bonchev–Trinajstić information content (AvgIpc) is 3.61. The minimum atomic E-state index is -3.02. The molecule has 4 aromatic heterocycles. The quantitative estimate of drug-likeness (QED) is 0.227. The summed E-state index contributed by atoms with van der Waals surface area (Å²) >= 11 is 0.842. The van der Waals surface area contributed by atoms with Crippen molar-refractivity contribution in [1.29, 1.82) is 0 Å². The van der Waals surface area contributed by atoms with Crippen molar-refractivity contribution in [2.75, 3.05) is 7.11 Å². The number of imidazole rings is 1. The molecular formula is C27H20F2N4O3S. The lowest BCUT2D eigenvalue weighted by molar-refractivity contribution is 0.0163. The van der Waals surface area contributed by atoms with Crippen LogP contribution in [0.25, 0.3) is 38.5 Å². The molecule has 6 aromatic rings. The number of furan rings is 1. The molecule has 0 amide bonds. The Morgan fingerprint density at radius 2 is 1.95 bits per heavy atom. The van der Waals surface area contributed by atoms with Crippen molar-refractivity contribution < 1.29 is 22.7 Å². The Labute approximate surface area is 213 Å². The van der Waals surface area contributed by atoms with Gasteiger partial charge < -0.3 is 13.9 Å². The van der Waals surface area contributed by atoms with E-state index in [0.717, 1.165) is 40.3 Å². The molecule has 0 aliphatic rings. The van der Waals surface area contributed by atoms with Gasteiger partial charge in [0.15, 0.2) is 10.8 Å². The molecule has 0 fully saturated rings. The topological polar surface area (TPSA) is 74.7 Å². The summed E-state index contributed by atoms with van der Waals surface area (Å²) in [5, 5.41) is 4.40. The van der Waals surface area contributed by atoms with Gasteiger partial charge >= 0.3 is 0 Å². The smallest absolute Gasteiger partial charge is 0.298 e. The molecule has 6 rings (SSSR count). The molecule has 0 aliphatic heterocycles. The van der Waals surface area contributed by atoms with Crippen LogP contribution in [0.4, 0.5) is 8.78 Å². The largest absolute Gasteiger partial charge is 0.496 e. The lowest BCUT2D eigenvalue weighted by Crippen LogP contribution is -2.06. The van der Waals surface area contributed by atoms with Gasteiger partial charge in [0.25, 0.3) is 5.92 Å². The third-order valence-electron chi connectivity index (χ3n) is 5.80. The Morgan fingerprint density at radius 3 is 2.70 bits per heavy atom. The summed E-state index contributed by atoms with van der Waals surface area (Å²) < 4.78 is 46.3. The third kappa shape index (κ3) is 4.51. The van der Waals surface area contributed by atoms with Crippen LogP contribution >= 0.6 is 11.3 Å². The molecule has 0 radical (unpaired) electrons. The van der Waals surface area contributed by atoms with E-state index >= 15 is 0 Å². The first kappa shape index (κ1) is 23.1. The van der Waals surface area contributed by atoms with Crippen LogP contribution in [0.1, 0.15) is 17.5 Å². The zero-order valence-electron chi connectivity index (χ0n) is 19.8. The van der Waals surface area contributed by atoms with Crippen molar-refractivity contribution in [3.05, 3.63) is 83.8 Å². The van der Waals surface area contributed by atoms with E-state index in [4.69, 9.17) is 13.9 Å². The zero-order chi connectivity index (χ0) is 25.6. The Bertz CT molecular complexity index is 1690. The Balaban J connectivity index is 1.31. The Kier molecular flexibility index (Phi) is 5.60. The lowest BCUT2D eigenvalue weighted by Gasteiger charge is -2.10. The van der Waals surface area contributed by atoms with E-state index in [-0.39, 0.29) is 5.01 Å². The predicted molar refractivity (Wildman–Crippen MR) is 136 cm³/mol. The normalized spacial score (nSPS) is 11.9. The average molecular weight is 519 g/mol. The summed E-state index contributed by atoms with van der Waals surface area (Å²) in [5.41, 5.74) is 4.10. The summed E-state index contributed by atoms with van der Waals surface area (Å²) in [6, 6.07) is 17.4. The fraction of sp³-hybridized carbons (Fsp3) is 0.148. The standard InChI is InChI=1S/C27H20F2N4O3S/c1-27(28,29)25-32-33-14-21(31-26(33)37-25)24-12-20-22(10-19(34-2)11-23(20)36-24)35-15-16-5-3-6-17(9-16)18-7-4-8-30-13-18/h3-14H,15H2,1-2H3. The van der Waals surface area contributed by atoms with Gasteiger partial charge in [-0.1, -0.05) is 35.6 Å². The number of alkyl halides is 2. The molecule has 186 valence electrons. The van der Waals surface area contributed by atoms with Gasteiger partial charge in [-0.15, -0.1) is 0 Å². The number of rotatable bonds is 7. The van der Waals surface area contributed by atoms with E-state index in [1.54, 1.807) is 31.6 Å². The molecule has 4 heterocycles. The molecule has 10 heteroatoms. The Hall–Kier alpha value is -4.31. The minimum absolute atomic E-state index is 0.292. The highest BCUT2D eigenvalue weighted by Gasteiger charge is 2.30. The van der Waals surface area contributed by atoms with Gasteiger partial charge in [-0.3, -0.25) is 4.98 Å². The molecule has 0 unspecified atom stereocenters. The summed E-state index contributed by atoms with van der Waals surface area (Å²) in [4.78, 5) is 8.98. The molecule has 0 aliphatic carbocycles. The number of hydrogen-bond acceptors (Lipinski definition) is 7. The molecule has 0 atom stereocenters. The molecule has 0 saturated heterocycles. The van der Waals surface area contributed by atoms with Crippen LogP contribution < -0.4 is 9.47 Å². The summed E-state index contributed by atoms with van der Waals surface area (Å²) in [5.74, 6) is -1.39. The van der Waals surface area contributed by atoms with Crippen molar-refractivity contribution in [3.63, 3.8) is 0 Å². The van der Waals surface area contributed by atoms with Crippen molar-refractivity contribution in [3.8, 4) is 34.1 Å². The second kappa shape index (κ2) is 8.97. The number of aromatic nitrogens is 4. The van der Waals surface area contributed by atoms with E-state index in [9.17, 15) is 8.78 Å². The van der Waals surface area contributed by atoms with E-state index in [2.05, 4.69) is 21.1 Å². The molecule has 0 bridgehead atoms. The second-order valence-corrected chi connectivity index (χ2v) is 9.48. The molecular weight excluding hydrogens is 498 g/mol. The number of methoxy groups -OCH3 is 1. The first-order chi connectivity index (χ1) is 17.9. The SMILES string of the molecule is COc1cc(OCc2cccc(-c3cccnc3)c2)c2cc(-c3cn4nc(C(C)(F)F)sc4n3)oc2c1. The maximum Gasteiger partial charge on any atom is 0.298 e. The highest BCUT2D eigenvalue weighted by atomic mass is 32.1. The van der Waals surface area contributed by atoms with E-state index < -0.39 is 5.92 Å². The number of hydrogen-bond donors (Lipinski definition) is 0. The van der Waals surface area contributed by atoms with Crippen molar-refractivity contribution >= 4 is 27.3 Å². The van der Waals surface area contributed by atoms with Crippen LogP contribution in [0.2, 0.25) is 0 Å². The second-order valence-electron chi connectivity index (χ2n) is 8.53. The zero-order valence-corrected chi connectivity index (χ0v) is 20.6. The van der Waals surface area contributed by atoms with Gasteiger partial charge in [-0.05, 0) is 34.9 Å². The van der Waals surface area contributed by atoms with Gasteiger partial charge in [0.2, 0.25) is 4.96 Å². The van der Waals surface area contributed by atoms with Crippen molar-refractivity contribution in [1.82, 2.24) is 19.6 Å². The number of fused-ring (bicyclic) bond motifs is 2. The number of nitrogens with zero attached hydrogens (tertiary/aromatic N) is 4. The number of benzene rings is 2. The van der Waals surface area contributed by atoms with Crippen LogP contribution in [0.3, 0.4) is 0 Å². The van der Waals surface area contributed by atoms with Gasteiger partial charge in [-0.25, -0.2) is 9.50 Å². The van der Waals surface area contributed by atoms with Crippen molar-refractivity contribution in [2.45, 2.75) is 19.5 Å². The van der Waals surface area contributed by atoms with Gasteiger partial charge in [0, 0.05) is 31.5 Å². The molecule has 0 N–H and O–H groups in total. The molecule has 37 heavy (non-hydrogen) atoms. The van der Waals surface area contributed by atoms with Crippen LogP contribution in [0.5, 0.6) is 11.5 Å². The van der Waals surface area contributed by atoms with Gasteiger partial charge in [-0.2, -0.15) is 13.9 Å². The van der Waals surface area contributed by atoms with Crippen LogP contribution in [0.15, 0.2) is 77.6 Å². The highest BCUT2D eigenvalue weighted by Crippen LogP contribution is 2.38. The fourth-order valence-electron chi connectivity index (χ4n) is 3.98. The fourth-order valence-corrected chi connectivity index (χ4v) is 4.79. The van der Waals surface area contributed by atoms with E-state index in [0.29, 0.717) is 40.1 Å². The monoisotopic (exact) mass is 518 g/mol. The number of ether oxygens (including phenoxy) is 2. The first-order valence-corrected chi connectivity index (χ1v) is 12.2. The van der Waals surface area contributed by atoms with Crippen LogP contribution in [-0.2, 0) is 12.5 Å². The highest BCUT2D eigenvalue weighted by molar-refractivity contribution is 7.16. The molecule has 0 spiro atoms. The van der Waals surface area contributed by atoms with E-state index in [1.807, 2.05) is 42.6 Å². The molecule has 7 nitrogen and oxygen atoms in total. The summed E-state index contributed by atoms with van der Waals surface area (Å²) in [6.07, 6.45) is 5.14. The summed E-state index contributed by atoms with van der Waals surface area (Å²) in [7, 11) is 1.57. The summed E-state index contributed by atoms with van der Waals surface area (Å²) in [6.45, 7) is 1.14. The maximum absolute atomic E-state index is 13.6. The van der Waals surface area contributed by atoms with Crippen molar-refractivity contribution in [2.24, 2.45) is 0 Å². The number of pyridine rings is 1. The minimum Gasteiger partial charge on any atom is -0.496 e. The van der Waals surface area contributed by atoms with Crippen LogP contribution in [0, 0.1) is 0 Å². The van der Waals surface area contributed by atoms with Crippen LogP contribution in [-0.4, -0.2) is 26.7 Å².